The molecule has 0 radical (unpaired) electrons. The molecular formula is C68H142N8O19S4. The second-order valence-electron chi connectivity index (χ2n) is 30.9. The summed E-state index contributed by atoms with van der Waals surface area (Å²) >= 11 is 0. The molecule has 8 amide bonds. The summed E-state index contributed by atoms with van der Waals surface area (Å²) in [6.45, 7) is 62.3. The Labute approximate surface area is 602 Å². The maximum absolute atomic E-state index is 11.5. The highest BCUT2D eigenvalue weighted by atomic mass is 32.2. The number of nitrogens with one attached hydrogen (secondary N) is 7. The van der Waals surface area contributed by atoms with Gasteiger partial charge in [0, 0.05) is 67.1 Å². The molecule has 0 rings (SSSR count). The zero-order chi connectivity index (χ0) is 80.1. The number of imide groups is 1. The molecular weight excluding hydrogens is 1360 g/mol. The van der Waals surface area contributed by atoms with E-state index in [1.54, 1.807) is 69.2 Å². The van der Waals surface area contributed by atoms with Crippen molar-refractivity contribution in [3.8, 4) is 0 Å². The van der Waals surface area contributed by atoms with Crippen molar-refractivity contribution in [3.63, 3.8) is 0 Å². The van der Waals surface area contributed by atoms with E-state index in [1.807, 2.05) is 111 Å². The van der Waals surface area contributed by atoms with E-state index in [9.17, 15) is 72.0 Å². The minimum atomic E-state index is -3.92. The third-order valence-electron chi connectivity index (χ3n) is 12.4. The number of alkyl carbamates (subject to hydrolysis) is 1. The van der Waals surface area contributed by atoms with Crippen LogP contribution in [0.25, 0.3) is 0 Å². The first-order valence-electron chi connectivity index (χ1n) is 34.6. The summed E-state index contributed by atoms with van der Waals surface area (Å²) in [4.78, 5) is 89.4. The van der Waals surface area contributed by atoms with Crippen LogP contribution in [0.2, 0.25) is 0 Å². The molecule has 0 saturated carbocycles. The number of hydrogen-bond donors (Lipinski definition) is 7. The van der Waals surface area contributed by atoms with E-state index in [-0.39, 0.29) is 107 Å². The van der Waals surface area contributed by atoms with Gasteiger partial charge in [-0.2, -0.15) is 30.0 Å². The summed E-state index contributed by atoms with van der Waals surface area (Å²) < 4.78 is 113. The normalized spacial score (nSPS) is 11.9. The Bertz CT molecular complexity index is 2700. The molecule has 0 spiro atoms. The largest absolute Gasteiger partial charge is 0.449 e. The van der Waals surface area contributed by atoms with E-state index in [0.29, 0.717) is 54.0 Å². The van der Waals surface area contributed by atoms with Gasteiger partial charge in [0.25, 0.3) is 0 Å². The monoisotopic (exact) mass is 1500 g/mol. The Kier molecular flexibility index (Phi) is 59.0. The van der Waals surface area contributed by atoms with E-state index >= 15 is 0 Å². The van der Waals surface area contributed by atoms with Gasteiger partial charge in [-0.3, -0.25) is 52.0 Å². The Morgan fingerprint density at radius 1 is 0.424 bits per heavy atom. The maximum Gasteiger partial charge on any atom is 0.413 e. The van der Waals surface area contributed by atoms with Crippen LogP contribution >= 0.6 is 0 Å². The average molecular weight is 1500 g/mol. The van der Waals surface area contributed by atoms with Crippen LogP contribution in [0.4, 0.5) is 4.79 Å². The van der Waals surface area contributed by atoms with Crippen molar-refractivity contribution < 1.29 is 85.1 Å². The summed E-state index contributed by atoms with van der Waals surface area (Å²) in [5.41, 5.74) is 0.143. The van der Waals surface area contributed by atoms with Crippen molar-refractivity contribution in [1.82, 2.24) is 39.1 Å². The first-order chi connectivity index (χ1) is 44.3. The number of hydrogen-bond acceptors (Lipinski definition) is 19. The summed E-state index contributed by atoms with van der Waals surface area (Å²) in [5.74, 6) is -0.734. The van der Waals surface area contributed by atoms with Crippen LogP contribution in [0, 0.1) is 88.3 Å². The van der Waals surface area contributed by atoms with Gasteiger partial charge in [0.05, 0.1) is 25.6 Å². The van der Waals surface area contributed by atoms with Gasteiger partial charge >= 0.3 is 36.9 Å². The van der Waals surface area contributed by atoms with Crippen LogP contribution in [0.1, 0.15) is 254 Å². The van der Waals surface area contributed by atoms with Gasteiger partial charge in [0.15, 0.2) is 0 Å². The number of nitrogens with zero attached hydrogens (tertiary/aromatic N) is 1. The lowest BCUT2D eigenvalue weighted by molar-refractivity contribution is -0.129. The van der Waals surface area contributed by atoms with Crippen LogP contribution in [0.3, 0.4) is 0 Å². The van der Waals surface area contributed by atoms with Crippen molar-refractivity contribution >= 4 is 88.3 Å². The fourth-order valence-electron chi connectivity index (χ4n) is 6.14. The van der Waals surface area contributed by atoms with E-state index < -0.39 is 70.6 Å². The standard InChI is InChI=1S/2C12H25NO.2C9H19NO4S.C9H19NO3S.C9H17NO3.C8H18N2O3S/c1-9(2)7-12(5,6)8-13-11(14)10(3)4;1-9(2)7-8-12(5,6)13-11(14)10(3)4;1-7(2)6-14-15(12,13)10(5)9(11)8(3)4;1-7(2)5-6-14-15(12,13)10-9(11)8(3)4;1-7(2)5-6-14(12,13)10-9(11)8(3)4;1-6(2)5-13-9(12)10-8(11)7(3)4;1-6(2)5-9-14(12,13)10-8(11)7(3)4/h2*9-10H,7-8H2,1-6H3,(H,13,14);7-8H,6H2,1-5H3;7-8H,5-6H2,1-4H3,(H,10,11);7-8H,5-6H2,1-4H3,(H,10,11);6-7H,5H2,1-4H3,(H,10,11,12);6-7,9H,5H2,1-4H3,(H,10,11). The second-order valence-corrected chi connectivity index (χ2v) is 37.2. The van der Waals surface area contributed by atoms with E-state index in [0.717, 1.165) is 25.8 Å². The van der Waals surface area contributed by atoms with Gasteiger partial charge < -0.3 is 15.4 Å². The maximum atomic E-state index is 11.5. The highest BCUT2D eigenvalue weighted by Crippen LogP contribution is 2.24. The molecule has 0 aromatic rings. The number of amides is 8. The topological polar surface area (TPSA) is 388 Å². The summed E-state index contributed by atoms with van der Waals surface area (Å²) in [6, 6.07) is 0. The Balaban J connectivity index is -0.000000200. The molecule has 0 aliphatic heterocycles. The molecule has 27 nitrogen and oxygen atoms in total. The Hall–Kier alpha value is -4.56. The highest BCUT2D eigenvalue weighted by Gasteiger charge is 2.27. The lowest BCUT2D eigenvalue weighted by Crippen LogP contribution is -2.45. The quantitative estimate of drug-likeness (QED) is 0.0315. The Morgan fingerprint density at radius 3 is 1.19 bits per heavy atom. The molecule has 0 atom stereocenters. The molecule has 0 unspecified atom stereocenters. The molecule has 0 aliphatic rings. The van der Waals surface area contributed by atoms with Crippen molar-refractivity contribution in [2.24, 2.45) is 88.3 Å². The fourth-order valence-corrected chi connectivity index (χ4v) is 10.6. The smallest absolute Gasteiger partial charge is 0.413 e. The lowest BCUT2D eigenvalue weighted by atomic mass is 9.84. The summed E-state index contributed by atoms with van der Waals surface area (Å²) in [7, 11) is -13.7. The first kappa shape index (κ1) is 108. The zero-order valence-corrected chi connectivity index (χ0v) is 70.5. The number of rotatable bonds is 34. The van der Waals surface area contributed by atoms with Crippen LogP contribution in [0.5, 0.6) is 0 Å². The number of ether oxygens (including phenoxy) is 1. The van der Waals surface area contributed by atoms with Crippen LogP contribution in [-0.4, -0.2) is 137 Å². The first-order valence-corrected chi connectivity index (χ1v) is 40.5. The molecule has 0 aromatic heterocycles. The number of sulfonamides is 1. The zero-order valence-electron chi connectivity index (χ0n) is 67.2. The Morgan fingerprint density at radius 2 is 0.828 bits per heavy atom. The van der Waals surface area contributed by atoms with E-state index in [4.69, 9.17) is 8.92 Å². The molecule has 0 aromatic carbocycles. The molecule has 0 saturated heterocycles. The third kappa shape index (κ3) is 71.6. The predicted octanol–water partition coefficient (Wildman–Crippen LogP) is 10.8. The molecule has 99 heavy (non-hydrogen) atoms. The van der Waals surface area contributed by atoms with Crippen LogP contribution in [0.15, 0.2) is 0 Å². The third-order valence-corrected chi connectivity index (χ3v) is 16.9. The van der Waals surface area contributed by atoms with Gasteiger partial charge in [0.2, 0.25) is 51.4 Å². The van der Waals surface area contributed by atoms with Gasteiger partial charge in [0.1, 0.15) is 0 Å². The molecule has 0 bridgehead atoms. The van der Waals surface area contributed by atoms with Crippen LogP contribution < -0.4 is 34.8 Å². The average Bonchev–Trinajstić information content (AvgIpc) is 0.859. The minimum Gasteiger partial charge on any atom is -0.449 e. The van der Waals surface area contributed by atoms with Gasteiger partial charge in [-0.05, 0) is 92.8 Å². The minimum absolute atomic E-state index is 0.0170. The van der Waals surface area contributed by atoms with Gasteiger partial charge in [-0.15, -0.1) is 0 Å². The highest BCUT2D eigenvalue weighted by molar-refractivity contribution is 7.90. The lowest BCUT2D eigenvalue weighted by Gasteiger charge is -2.28. The molecule has 0 aliphatic carbocycles. The van der Waals surface area contributed by atoms with Crippen molar-refractivity contribution in [2.45, 2.75) is 259 Å². The molecule has 592 valence electrons. The van der Waals surface area contributed by atoms with Crippen molar-refractivity contribution in [1.29, 1.82) is 0 Å². The van der Waals surface area contributed by atoms with Crippen molar-refractivity contribution in [2.75, 3.05) is 45.7 Å². The number of carbonyl (C=O) groups excluding carboxylic acids is 8. The SMILES string of the molecule is CC(C)CC(C)(C)CNC(=O)C(C)C.CC(C)CCC(C)(C)NC(=O)C(C)C.CC(C)CCOS(=O)(=O)NC(=O)C(C)C.CC(C)CCS(=O)(=O)NC(=O)C(C)C.CC(C)CNS(=O)(=O)NC(=O)C(C)C.CC(C)COC(=O)NC(=O)C(C)C.CC(C)COS(=O)(=O)N(C)C(=O)C(C)C. The second kappa shape index (κ2) is 54.1. The predicted molar refractivity (Wildman–Crippen MR) is 397 cm³/mol. The van der Waals surface area contributed by atoms with Crippen LogP contribution in [-0.2, 0) is 87.5 Å². The molecule has 0 fully saturated rings. The summed E-state index contributed by atoms with van der Waals surface area (Å²) in [6.07, 6.45) is 3.89. The van der Waals surface area contributed by atoms with E-state index in [1.165, 1.54) is 7.05 Å². The molecule has 31 heteroatoms. The number of carbonyl (C=O) groups is 8. The van der Waals surface area contributed by atoms with Gasteiger partial charge in [-0.1, -0.05) is 208 Å². The van der Waals surface area contributed by atoms with Crippen molar-refractivity contribution in [3.05, 3.63) is 0 Å². The summed E-state index contributed by atoms with van der Waals surface area (Å²) in [5, 5.41) is 8.20. The fraction of sp³-hybridized carbons (Fsp3) is 0.882. The van der Waals surface area contributed by atoms with E-state index in [2.05, 4.69) is 80.2 Å². The molecule has 0 heterocycles. The van der Waals surface area contributed by atoms with Gasteiger partial charge in [-0.25, -0.2) is 27.0 Å². The molecule has 7 N–H and O–H groups in total.